The van der Waals surface area contributed by atoms with Gasteiger partial charge in [0.2, 0.25) is 0 Å². The summed E-state index contributed by atoms with van der Waals surface area (Å²) in [5.74, 6) is 0.158. The maximum atomic E-state index is 11.0. The first-order valence-corrected chi connectivity index (χ1v) is 6.90. The van der Waals surface area contributed by atoms with Crippen molar-refractivity contribution >= 4 is 9.84 Å². The van der Waals surface area contributed by atoms with Crippen molar-refractivity contribution < 1.29 is 8.42 Å². The summed E-state index contributed by atoms with van der Waals surface area (Å²) in [4.78, 5) is 1.98. The van der Waals surface area contributed by atoms with Gasteiger partial charge in [0.1, 0.15) is 9.84 Å². The summed E-state index contributed by atoms with van der Waals surface area (Å²) in [6.45, 7) is 1.35. The van der Waals surface area contributed by atoms with Gasteiger partial charge in [0.25, 0.3) is 0 Å². The van der Waals surface area contributed by atoms with E-state index in [1.807, 2.05) is 4.90 Å². The summed E-state index contributed by atoms with van der Waals surface area (Å²) in [6, 6.07) is 2.14. The highest BCUT2D eigenvalue weighted by atomic mass is 32.2. The average molecular weight is 216 g/mol. The minimum Gasteiger partial charge on any atom is -0.287 e. The van der Waals surface area contributed by atoms with Gasteiger partial charge in [-0.25, -0.2) is 8.42 Å². The van der Waals surface area contributed by atoms with Crippen molar-refractivity contribution in [1.29, 1.82) is 5.26 Å². The minimum absolute atomic E-state index is 0.0782. The van der Waals surface area contributed by atoms with Gasteiger partial charge in [0.05, 0.1) is 17.9 Å². The molecule has 0 aromatic heterocycles. The predicted octanol–water partition coefficient (Wildman–Crippen LogP) is 0.409. The monoisotopic (exact) mass is 216 g/mol. The highest BCUT2D eigenvalue weighted by Gasteiger charge is 2.22. The van der Waals surface area contributed by atoms with Crippen molar-refractivity contribution in [3.05, 3.63) is 0 Å². The van der Waals surface area contributed by atoms with E-state index in [0.717, 1.165) is 25.8 Å². The third-order valence-electron chi connectivity index (χ3n) is 2.51. The maximum Gasteiger partial charge on any atom is 0.148 e. The van der Waals surface area contributed by atoms with Gasteiger partial charge < -0.3 is 0 Å². The number of nitriles is 1. The van der Waals surface area contributed by atoms with Gasteiger partial charge in [-0.1, -0.05) is 0 Å². The summed E-state index contributed by atoms with van der Waals surface area (Å²) < 4.78 is 21.9. The molecular weight excluding hydrogens is 200 g/mol. The van der Waals surface area contributed by atoms with Gasteiger partial charge >= 0.3 is 0 Å². The molecule has 1 aliphatic heterocycles. The van der Waals surface area contributed by atoms with Gasteiger partial charge in [-0.3, -0.25) is 4.90 Å². The van der Waals surface area contributed by atoms with Gasteiger partial charge in [-0.2, -0.15) is 5.26 Å². The van der Waals surface area contributed by atoms with Crippen LogP contribution in [0.2, 0.25) is 0 Å². The molecule has 0 saturated carbocycles. The largest absolute Gasteiger partial charge is 0.287 e. The normalized spacial score (nSPS) is 24.4. The van der Waals surface area contributed by atoms with Crippen molar-refractivity contribution in [2.75, 3.05) is 25.1 Å². The van der Waals surface area contributed by atoms with Gasteiger partial charge in [0, 0.05) is 12.8 Å². The lowest BCUT2D eigenvalue weighted by molar-refractivity contribution is 0.195. The standard InChI is InChI=1S/C9H16N2O2S/c1-14(12,13)7-6-11-5-3-2-4-9(11)8-10/h9H,2-7H2,1H3. The molecule has 1 unspecified atom stereocenters. The Labute approximate surface area is 85.4 Å². The van der Waals surface area contributed by atoms with Crippen LogP contribution in [0.1, 0.15) is 19.3 Å². The van der Waals surface area contributed by atoms with E-state index < -0.39 is 9.84 Å². The summed E-state index contributed by atoms with van der Waals surface area (Å²) in [6.07, 6.45) is 4.26. The molecule has 1 aliphatic rings. The Bertz CT molecular complexity index is 318. The van der Waals surface area contributed by atoms with Crippen molar-refractivity contribution in [3.63, 3.8) is 0 Å². The number of hydrogen-bond donors (Lipinski definition) is 0. The number of likely N-dealkylation sites (tertiary alicyclic amines) is 1. The molecule has 0 bridgehead atoms. The van der Waals surface area contributed by atoms with E-state index in [9.17, 15) is 8.42 Å². The Balaban J connectivity index is 2.46. The maximum absolute atomic E-state index is 11.0. The fourth-order valence-corrected chi connectivity index (χ4v) is 2.25. The van der Waals surface area contributed by atoms with Crippen LogP contribution in [0.25, 0.3) is 0 Å². The SMILES string of the molecule is CS(=O)(=O)CCN1CCCCC1C#N. The highest BCUT2D eigenvalue weighted by molar-refractivity contribution is 7.90. The van der Waals surface area contributed by atoms with Crippen LogP contribution in [-0.2, 0) is 9.84 Å². The number of rotatable bonds is 3. The molecule has 0 aromatic carbocycles. The Morgan fingerprint density at radius 3 is 2.79 bits per heavy atom. The van der Waals surface area contributed by atoms with Crippen LogP contribution in [0.4, 0.5) is 0 Å². The molecule has 0 aromatic rings. The number of sulfone groups is 1. The molecule has 0 aliphatic carbocycles. The quantitative estimate of drug-likeness (QED) is 0.685. The third-order valence-corrected chi connectivity index (χ3v) is 3.44. The zero-order valence-electron chi connectivity index (χ0n) is 8.44. The Morgan fingerprint density at radius 1 is 1.50 bits per heavy atom. The van der Waals surface area contributed by atoms with E-state index in [2.05, 4.69) is 6.07 Å². The zero-order valence-corrected chi connectivity index (χ0v) is 9.26. The lowest BCUT2D eigenvalue weighted by atomic mass is 10.0. The molecule has 1 saturated heterocycles. The second kappa shape index (κ2) is 4.76. The van der Waals surface area contributed by atoms with E-state index in [1.54, 1.807) is 0 Å². The second-order valence-corrected chi connectivity index (χ2v) is 6.07. The lowest BCUT2D eigenvalue weighted by Crippen LogP contribution is -2.41. The van der Waals surface area contributed by atoms with Crippen molar-refractivity contribution in [2.45, 2.75) is 25.3 Å². The molecule has 1 heterocycles. The Hall–Kier alpha value is -0.600. The first kappa shape index (κ1) is 11.5. The van der Waals surface area contributed by atoms with Gasteiger partial charge in [0.15, 0.2) is 0 Å². The lowest BCUT2D eigenvalue weighted by Gasteiger charge is -2.30. The fourth-order valence-electron chi connectivity index (χ4n) is 1.69. The molecule has 80 valence electrons. The van der Waals surface area contributed by atoms with Crippen LogP contribution >= 0.6 is 0 Å². The minimum atomic E-state index is -2.91. The molecule has 4 nitrogen and oxygen atoms in total. The van der Waals surface area contributed by atoms with Crippen molar-refractivity contribution in [1.82, 2.24) is 4.90 Å². The van der Waals surface area contributed by atoms with E-state index in [0.29, 0.717) is 6.54 Å². The van der Waals surface area contributed by atoms with Crippen molar-refractivity contribution in [3.8, 4) is 6.07 Å². The van der Waals surface area contributed by atoms with Crippen LogP contribution in [0.15, 0.2) is 0 Å². The molecule has 1 atom stereocenters. The number of piperidine rings is 1. The van der Waals surface area contributed by atoms with Crippen LogP contribution < -0.4 is 0 Å². The van der Waals surface area contributed by atoms with Gasteiger partial charge in [-0.05, 0) is 25.8 Å². The van der Waals surface area contributed by atoms with Crippen LogP contribution in [-0.4, -0.2) is 44.5 Å². The molecule has 1 rings (SSSR count). The Kier molecular flexibility index (Phi) is 3.90. The zero-order chi connectivity index (χ0) is 10.6. The van der Waals surface area contributed by atoms with Gasteiger partial charge in [-0.15, -0.1) is 0 Å². The smallest absolute Gasteiger partial charge is 0.148 e. The van der Waals surface area contributed by atoms with Crippen LogP contribution in [0, 0.1) is 11.3 Å². The molecule has 0 radical (unpaired) electrons. The first-order chi connectivity index (χ1) is 6.53. The average Bonchev–Trinajstić information content (AvgIpc) is 2.14. The molecule has 0 spiro atoms. The van der Waals surface area contributed by atoms with E-state index in [-0.39, 0.29) is 11.8 Å². The third kappa shape index (κ3) is 3.64. The number of hydrogen-bond acceptors (Lipinski definition) is 4. The van der Waals surface area contributed by atoms with Crippen LogP contribution in [0.5, 0.6) is 0 Å². The van der Waals surface area contributed by atoms with Crippen LogP contribution in [0.3, 0.4) is 0 Å². The molecule has 0 N–H and O–H groups in total. The first-order valence-electron chi connectivity index (χ1n) is 4.84. The predicted molar refractivity (Wildman–Crippen MR) is 54.5 cm³/mol. The molecular formula is C9H16N2O2S. The molecule has 5 heteroatoms. The summed E-state index contributed by atoms with van der Waals surface area (Å²) >= 11 is 0. The molecule has 1 fully saturated rings. The van der Waals surface area contributed by atoms with E-state index >= 15 is 0 Å². The summed E-state index contributed by atoms with van der Waals surface area (Å²) in [5, 5.41) is 8.85. The summed E-state index contributed by atoms with van der Waals surface area (Å²) in [7, 11) is -2.91. The summed E-state index contributed by atoms with van der Waals surface area (Å²) in [5.41, 5.74) is 0. The number of nitrogens with zero attached hydrogens (tertiary/aromatic N) is 2. The topological polar surface area (TPSA) is 61.2 Å². The molecule has 0 amide bonds. The van der Waals surface area contributed by atoms with Crippen molar-refractivity contribution in [2.24, 2.45) is 0 Å². The second-order valence-electron chi connectivity index (χ2n) is 3.81. The van der Waals surface area contributed by atoms with E-state index in [1.165, 1.54) is 6.26 Å². The highest BCUT2D eigenvalue weighted by Crippen LogP contribution is 2.15. The Morgan fingerprint density at radius 2 is 2.21 bits per heavy atom. The van der Waals surface area contributed by atoms with E-state index in [4.69, 9.17) is 5.26 Å². The fraction of sp³-hybridized carbons (Fsp3) is 0.889. The molecule has 14 heavy (non-hydrogen) atoms.